The fourth-order valence-electron chi connectivity index (χ4n) is 11.8. The Morgan fingerprint density at radius 3 is 2.26 bits per heavy atom. The van der Waals surface area contributed by atoms with E-state index in [0.29, 0.717) is 23.4 Å². The molecule has 236 valence electrons. The molecule has 2 aliphatic heterocycles. The zero-order valence-electron chi connectivity index (χ0n) is 27.0. The molecule has 7 rings (SSSR count). The molecule has 6 fully saturated rings. The normalized spacial score (nSPS) is 42.5. The fraction of sp³-hybridized carbons (Fsp3) is 0.892. The van der Waals surface area contributed by atoms with Crippen LogP contribution in [0.4, 0.5) is 0 Å². The van der Waals surface area contributed by atoms with Gasteiger partial charge in [-0.05, 0) is 163 Å². The maximum atomic E-state index is 7.42. The van der Waals surface area contributed by atoms with E-state index in [1.807, 2.05) is 12.5 Å². The summed E-state index contributed by atoms with van der Waals surface area (Å²) in [6.45, 7) is 14.8. The van der Waals surface area contributed by atoms with Gasteiger partial charge in [-0.25, -0.2) is 0 Å². The number of ether oxygens (including phenoxy) is 2. The second-order valence-electron chi connectivity index (χ2n) is 15.9. The van der Waals surface area contributed by atoms with E-state index in [1.165, 1.54) is 141 Å². The van der Waals surface area contributed by atoms with Crippen LogP contribution in [0.25, 0.3) is 0 Å². The lowest BCUT2D eigenvalue weighted by atomic mass is 9.43. The summed E-state index contributed by atoms with van der Waals surface area (Å²) in [7, 11) is 0. The van der Waals surface area contributed by atoms with Gasteiger partial charge in [-0.15, -0.1) is 0 Å². The topological polar surface area (TPSA) is 38.1 Å². The van der Waals surface area contributed by atoms with Gasteiger partial charge in [0, 0.05) is 31.7 Å². The summed E-state index contributed by atoms with van der Waals surface area (Å²) in [6.07, 6.45) is 24.1. The van der Waals surface area contributed by atoms with Gasteiger partial charge in [0.25, 0.3) is 0 Å². The van der Waals surface area contributed by atoms with Crippen molar-refractivity contribution in [1.29, 1.82) is 0 Å². The van der Waals surface area contributed by atoms with Crippen molar-refractivity contribution in [2.75, 3.05) is 52.5 Å². The Balaban J connectivity index is 1.03. The number of hydrogen-bond acceptors (Lipinski definition) is 5. The zero-order chi connectivity index (χ0) is 28.6. The lowest BCUT2D eigenvalue weighted by molar-refractivity contribution is -0.231. The molecule has 0 spiro atoms. The average molecular weight is 581 g/mol. The molecule has 0 unspecified atom stereocenters. The Hall–Kier alpha value is -0.880. The van der Waals surface area contributed by atoms with E-state index in [2.05, 4.69) is 29.7 Å². The van der Waals surface area contributed by atoms with E-state index >= 15 is 0 Å². The summed E-state index contributed by atoms with van der Waals surface area (Å²) in [4.78, 5) is 5.29. The van der Waals surface area contributed by atoms with Crippen molar-refractivity contribution in [1.82, 2.24) is 9.80 Å². The van der Waals surface area contributed by atoms with Crippen molar-refractivity contribution in [3.05, 3.63) is 24.2 Å². The summed E-state index contributed by atoms with van der Waals surface area (Å²) in [5, 5.41) is 0. The third kappa shape index (κ3) is 5.35. The van der Waals surface area contributed by atoms with Gasteiger partial charge < -0.3 is 23.7 Å². The number of rotatable bonds is 11. The van der Waals surface area contributed by atoms with Gasteiger partial charge in [-0.2, -0.15) is 0 Å². The molecule has 3 heterocycles. The quantitative estimate of drug-likeness (QED) is 0.249. The zero-order valence-corrected chi connectivity index (χ0v) is 27.0. The molecular weight excluding hydrogens is 520 g/mol. The molecule has 0 aromatic carbocycles. The van der Waals surface area contributed by atoms with Gasteiger partial charge in [0.15, 0.2) is 0 Å². The van der Waals surface area contributed by atoms with Crippen molar-refractivity contribution in [3.63, 3.8) is 0 Å². The van der Waals surface area contributed by atoms with Crippen LogP contribution in [0.1, 0.15) is 122 Å². The lowest BCUT2D eigenvalue weighted by Gasteiger charge is -2.65. The number of nitrogens with zero attached hydrogens (tertiary/aromatic N) is 2. The van der Waals surface area contributed by atoms with Gasteiger partial charge in [-0.1, -0.05) is 13.8 Å². The van der Waals surface area contributed by atoms with E-state index in [4.69, 9.17) is 13.9 Å². The van der Waals surface area contributed by atoms with Crippen molar-refractivity contribution in [2.45, 2.75) is 128 Å². The predicted molar refractivity (Wildman–Crippen MR) is 169 cm³/mol. The summed E-state index contributed by atoms with van der Waals surface area (Å²) < 4.78 is 19.6. The van der Waals surface area contributed by atoms with Crippen molar-refractivity contribution >= 4 is 0 Å². The number of likely N-dealkylation sites (tertiary alicyclic amines) is 2. The maximum Gasteiger partial charge on any atom is 0.0937 e. The molecule has 42 heavy (non-hydrogen) atoms. The minimum absolute atomic E-state index is 0.0137. The first-order valence-corrected chi connectivity index (χ1v) is 18.2. The molecule has 4 aliphatic carbocycles. The molecule has 2 saturated heterocycles. The Morgan fingerprint density at radius 2 is 1.55 bits per heavy atom. The maximum absolute atomic E-state index is 7.42. The highest BCUT2D eigenvalue weighted by Gasteiger charge is 2.68. The van der Waals surface area contributed by atoms with Crippen LogP contribution in [0.5, 0.6) is 0 Å². The molecule has 0 radical (unpaired) electrons. The Kier molecular flexibility index (Phi) is 8.86. The number of furan rings is 1. The van der Waals surface area contributed by atoms with Crippen LogP contribution in [0.3, 0.4) is 0 Å². The fourth-order valence-corrected chi connectivity index (χ4v) is 11.8. The lowest BCUT2D eigenvalue weighted by Crippen LogP contribution is -2.63. The summed E-state index contributed by atoms with van der Waals surface area (Å²) >= 11 is 0. The van der Waals surface area contributed by atoms with E-state index in [9.17, 15) is 0 Å². The van der Waals surface area contributed by atoms with E-state index in [1.54, 1.807) is 0 Å². The monoisotopic (exact) mass is 580 g/mol. The molecule has 5 heteroatoms. The Labute approximate surface area is 256 Å². The van der Waals surface area contributed by atoms with Gasteiger partial charge in [0.2, 0.25) is 0 Å². The van der Waals surface area contributed by atoms with Crippen LogP contribution >= 0.6 is 0 Å². The van der Waals surface area contributed by atoms with Crippen molar-refractivity contribution in [2.24, 2.45) is 28.6 Å². The smallest absolute Gasteiger partial charge is 0.0937 e. The highest BCUT2D eigenvalue weighted by Crippen LogP contribution is 2.71. The third-order valence-corrected chi connectivity index (χ3v) is 14.1. The molecular formula is C37H60N2O3. The first-order valence-electron chi connectivity index (χ1n) is 18.2. The van der Waals surface area contributed by atoms with Gasteiger partial charge >= 0.3 is 0 Å². The van der Waals surface area contributed by atoms with Crippen LogP contribution in [0.15, 0.2) is 23.0 Å². The van der Waals surface area contributed by atoms with Gasteiger partial charge in [0.05, 0.1) is 24.2 Å². The van der Waals surface area contributed by atoms with Crippen LogP contribution in [0.2, 0.25) is 0 Å². The second-order valence-corrected chi connectivity index (χ2v) is 15.9. The Bertz CT molecular complexity index is 1000. The second kappa shape index (κ2) is 12.5. The Morgan fingerprint density at radius 1 is 0.810 bits per heavy atom. The minimum atomic E-state index is 0.0137. The highest BCUT2D eigenvalue weighted by atomic mass is 16.5. The van der Waals surface area contributed by atoms with Gasteiger partial charge in [0.1, 0.15) is 0 Å². The third-order valence-electron chi connectivity index (χ3n) is 14.1. The summed E-state index contributed by atoms with van der Waals surface area (Å²) in [5.74, 6) is 2.87. The predicted octanol–water partition coefficient (Wildman–Crippen LogP) is 7.90. The van der Waals surface area contributed by atoms with E-state index in [0.717, 1.165) is 25.0 Å². The molecule has 4 saturated carbocycles. The standard InChI is InChI=1S/C37H60N2O3/c1-35-15-11-31(41-24-7-22-38-18-3-4-19-38)27-30(35)9-10-34-33(35)12-16-36(2)32(29-14-26-40-28-29)13-17-37(34,36)42-25-8-23-39-20-5-6-21-39/h14,26,28,30-34H,3-13,15-25,27H2,1-2H3/t30-,31+,32-,33+,34-,35+,36-,37+/m1/s1. The molecule has 0 N–H and O–H groups in total. The van der Waals surface area contributed by atoms with Crippen LogP contribution in [-0.2, 0) is 9.47 Å². The van der Waals surface area contributed by atoms with Crippen molar-refractivity contribution in [3.8, 4) is 0 Å². The van der Waals surface area contributed by atoms with Crippen LogP contribution in [0, 0.1) is 28.6 Å². The molecule has 0 bridgehead atoms. The largest absolute Gasteiger partial charge is 0.472 e. The van der Waals surface area contributed by atoms with E-state index < -0.39 is 0 Å². The first-order chi connectivity index (χ1) is 20.5. The average Bonchev–Trinajstić information content (AvgIpc) is 3.81. The van der Waals surface area contributed by atoms with Crippen LogP contribution in [-0.4, -0.2) is 74.0 Å². The molecule has 5 nitrogen and oxygen atoms in total. The highest BCUT2D eigenvalue weighted by molar-refractivity contribution is 5.27. The molecule has 6 aliphatic rings. The first kappa shape index (κ1) is 29.8. The summed E-state index contributed by atoms with van der Waals surface area (Å²) in [6, 6.07) is 2.25. The molecule has 8 atom stereocenters. The SMILES string of the molecule is C[C@]12CC[C@H](OCCCN3CCCC3)C[C@H]1CC[C@@H]1[C@@H]2CC[C@]2(C)[C@@H](c3ccoc3)CC[C@]12OCCCN1CCCC1. The van der Waals surface area contributed by atoms with E-state index in [-0.39, 0.29) is 11.0 Å². The number of hydrogen-bond donors (Lipinski definition) is 0. The van der Waals surface area contributed by atoms with Gasteiger partial charge in [-0.3, -0.25) is 0 Å². The number of fused-ring (bicyclic) bond motifs is 5. The molecule has 1 aromatic rings. The summed E-state index contributed by atoms with van der Waals surface area (Å²) in [5.41, 5.74) is 2.07. The molecule has 0 amide bonds. The van der Waals surface area contributed by atoms with Crippen molar-refractivity contribution < 1.29 is 13.9 Å². The van der Waals surface area contributed by atoms with Crippen LogP contribution < -0.4 is 0 Å². The minimum Gasteiger partial charge on any atom is -0.472 e. The molecule has 1 aromatic heterocycles.